The number of piperazine rings is 1. The summed E-state index contributed by atoms with van der Waals surface area (Å²) in [4.78, 5) is 18.0. The second kappa shape index (κ2) is 8.18. The zero-order valence-electron chi connectivity index (χ0n) is 15.5. The lowest BCUT2D eigenvalue weighted by Gasteiger charge is -2.34. The van der Waals surface area contributed by atoms with Gasteiger partial charge in [0, 0.05) is 69.6 Å². The molecule has 1 fully saturated rings. The maximum Gasteiger partial charge on any atom is 0.225 e. The number of rotatable bonds is 6. The Morgan fingerprint density at radius 2 is 1.63 bits per heavy atom. The molecular weight excluding hydrogens is 340 g/mol. The second-order valence-corrected chi connectivity index (χ2v) is 6.55. The van der Waals surface area contributed by atoms with E-state index in [-0.39, 0.29) is 0 Å². The average molecular weight is 364 g/mol. The van der Waals surface area contributed by atoms with E-state index >= 15 is 0 Å². The molecule has 27 heavy (non-hydrogen) atoms. The molecule has 140 valence electrons. The van der Waals surface area contributed by atoms with Crippen molar-refractivity contribution < 1.29 is 4.74 Å². The minimum Gasteiger partial charge on any atom is -0.497 e. The predicted molar refractivity (Wildman–Crippen MR) is 105 cm³/mol. The second-order valence-electron chi connectivity index (χ2n) is 6.55. The van der Waals surface area contributed by atoms with Crippen LogP contribution >= 0.6 is 0 Å². The van der Waals surface area contributed by atoms with Crippen LogP contribution in [0.5, 0.6) is 5.75 Å². The molecule has 1 aromatic carbocycles. The number of methoxy groups -OCH3 is 1. The smallest absolute Gasteiger partial charge is 0.225 e. The monoisotopic (exact) mass is 364 g/mol. The maximum atomic E-state index is 5.24. The van der Waals surface area contributed by atoms with Crippen molar-refractivity contribution in [2.24, 2.45) is 0 Å². The number of imidazole rings is 1. The highest BCUT2D eigenvalue weighted by molar-refractivity contribution is 5.56. The molecule has 1 saturated heterocycles. The van der Waals surface area contributed by atoms with Gasteiger partial charge in [0.1, 0.15) is 11.6 Å². The standard InChI is InChI=1S/C20H24N6O/c1-27-18-5-3-17(4-6-18)19-21-9-10-25(19)14-11-24-12-15-26(16-13-24)20-22-7-2-8-23-20/h2-10H,11-16H2,1H3. The van der Waals surface area contributed by atoms with Crippen LogP contribution < -0.4 is 9.64 Å². The molecule has 0 spiro atoms. The highest BCUT2D eigenvalue weighted by Crippen LogP contribution is 2.21. The van der Waals surface area contributed by atoms with E-state index in [9.17, 15) is 0 Å². The summed E-state index contributed by atoms with van der Waals surface area (Å²) in [7, 11) is 1.68. The van der Waals surface area contributed by atoms with Gasteiger partial charge in [-0.2, -0.15) is 0 Å². The molecule has 0 radical (unpaired) electrons. The molecule has 7 heteroatoms. The Bertz CT molecular complexity index is 840. The first-order valence-electron chi connectivity index (χ1n) is 9.23. The normalized spacial score (nSPS) is 15.1. The van der Waals surface area contributed by atoms with E-state index in [1.807, 2.05) is 30.6 Å². The summed E-state index contributed by atoms with van der Waals surface area (Å²) >= 11 is 0. The summed E-state index contributed by atoms with van der Waals surface area (Å²) in [6, 6.07) is 9.90. The van der Waals surface area contributed by atoms with Crippen molar-refractivity contribution in [2.45, 2.75) is 6.54 Å². The Labute approximate surface area is 159 Å². The van der Waals surface area contributed by atoms with Crippen molar-refractivity contribution in [3.63, 3.8) is 0 Å². The van der Waals surface area contributed by atoms with Crippen molar-refractivity contribution >= 4 is 5.95 Å². The Hall–Kier alpha value is -2.93. The number of ether oxygens (including phenoxy) is 1. The van der Waals surface area contributed by atoms with E-state index in [0.717, 1.165) is 62.4 Å². The van der Waals surface area contributed by atoms with Crippen LogP contribution in [0.4, 0.5) is 5.95 Å². The SMILES string of the molecule is COc1ccc(-c2nccn2CCN2CCN(c3ncccn3)CC2)cc1. The molecule has 7 nitrogen and oxygen atoms in total. The fraction of sp³-hybridized carbons (Fsp3) is 0.350. The molecule has 4 rings (SSSR count). The van der Waals surface area contributed by atoms with Gasteiger partial charge < -0.3 is 14.2 Å². The topological polar surface area (TPSA) is 59.3 Å². The quantitative estimate of drug-likeness (QED) is 0.668. The lowest BCUT2D eigenvalue weighted by molar-refractivity contribution is 0.247. The molecule has 0 bridgehead atoms. The summed E-state index contributed by atoms with van der Waals surface area (Å²) in [5.74, 6) is 2.68. The van der Waals surface area contributed by atoms with E-state index in [1.54, 1.807) is 19.5 Å². The number of benzene rings is 1. The highest BCUT2D eigenvalue weighted by atomic mass is 16.5. The Morgan fingerprint density at radius 3 is 2.33 bits per heavy atom. The van der Waals surface area contributed by atoms with Gasteiger partial charge in [-0.15, -0.1) is 0 Å². The lowest BCUT2D eigenvalue weighted by atomic mass is 10.2. The van der Waals surface area contributed by atoms with E-state index < -0.39 is 0 Å². The van der Waals surface area contributed by atoms with Crippen LogP contribution in [-0.2, 0) is 6.54 Å². The first-order chi connectivity index (χ1) is 13.3. The number of anilines is 1. The first-order valence-corrected chi connectivity index (χ1v) is 9.23. The van der Waals surface area contributed by atoms with Crippen LogP contribution in [0.3, 0.4) is 0 Å². The Kier molecular flexibility index (Phi) is 5.29. The van der Waals surface area contributed by atoms with Crippen molar-refractivity contribution in [1.29, 1.82) is 0 Å². The van der Waals surface area contributed by atoms with Gasteiger partial charge in [-0.05, 0) is 30.3 Å². The van der Waals surface area contributed by atoms with Crippen LogP contribution in [-0.4, -0.2) is 64.3 Å². The fourth-order valence-electron chi connectivity index (χ4n) is 3.37. The van der Waals surface area contributed by atoms with Crippen LogP contribution in [0, 0.1) is 0 Å². The molecule has 3 aromatic rings. The zero-order chi connectivity index (χ0) is 18.5. The largest absolute Gasteiger partial charge is 0.497 e. The summed E-state index contributed by atoms with van der Waals surface area (Å²) in [6.45, 7) is 5.88. The third-order valence-corrected chi connectivity index (χ3v) is 4.93. The first kappa shape index (κ1) is 17.5. The molecule has 1 aliphatic rings. The van der Waals surface area contributed by atoms with Crippen LogP contribution in [0.1, 0.15) is 0 Å². The summed E-state index contributed by atoms with van der Waals surface area (Å²) < 4.78 is 7.45. The minimum absolute atomic E-state index is 0.827. The van der Waals surface area contributed by atoms with Crippen LogP contribution in [0.25, 0.3) is 11.4 Å². The van der Waals surface area contributed by atoms with Gasteiger partial charge in [0.25, 0.3) is 0 Å². The molecule has 0 saturated carbocycles. The van der Waals surface area contributed by atoms with Crippen LogP contribution in [0.2, 0.25) is 0 Å². The molecule has 1 aliphatic heterocycles. The van der Waals surface area contributed by atoms with Gasteiger partial charge in [0.15, 0.2) is 0 Å². The van der Waals surface area contributed by atoms with Gasteiger partial charge in [-0.3, -0.25) is 4.90 Å². The summed E-state index contributed by atoms with van der Waals surface area (Å²) in [5, 5.41) is 0. The predicted octanol–water partition coefficient (Wildman–Crippen LogP) is 2.17. The van der Waals surface area contributed by atoms with Crippen molar-refractivity contribution in [3.05, 3.63) is 55.1 Å². The van der Waals surface area contributed by atoms with Crippen LogP contribution in [0.15, 0.2) is 55.1 Å². The fourth-order valence-corrected chi connectivity index (χ4v) is 3.37. The van der Waals surface area contributed by atoms with Crippen molar-refractivity contribution in [1.82, 2.24) is 24.4 Å². The highest BCUT2D eigenvalue weighted by Gasteiger charge is 2.18. The molecule has 2 aromatic heterocycles. The minimum atomic E-state index is 0.827. The molecule has 0 aliphatic carbocycles. The van der Waals surface area contributed by atoms with Gasteiger partial charge in [0.2, 0.25) is 5.95 Å². The van der Waals surface area contributed by atoms with Gasteiger partial charge in [-0.25, -0.2) is 15.0 Å². The van der Waals surface area contributed by atoms with Gasteiger partial charge in [0.05, 0.1) is 7.11 Å². The molecular formula is C20H24N6O. The molecule has 3 heterocycles. The van der Waals surface area contributed by atoms with Gasteiger partial charge >= 0.3 is 0 Å². The Morgan fingerprint density at radius 1 is 0.889 bits per heavy atom. The number of nitrogens with zero attached hydrogens (tertiary/aromatic N) is 6. The van der Waals surface area contributed by atoms with Gasteiger partial charge in [-0.1, -0.05) is 0 Å². The van der Waals surface area contributed by atoms with Crippen molar-refractivity contribution in [2.75, 3.05) is 44.7 Å². The van der Waals surface area contributed by atoms with E-state index in [1.165, 1.54) is 0 Å². The summed E-state index contributed by atoms with van der Waals surface area (Å²) in [5.41, 5.74) is 1.10. The molecule has 0 unspecified atom stereocenters. The lowest BCUT2D eigenvalue weighted by Crippen LogP contribution is -2.47. The number of hydrogen-bond acceptors (Lipinski definition) is 6. The van der Waals surface area contributed by atoms with E-state index in [2.05, 4.69) is 41.5 Å². The Balaban J connectivity index is 1.33. The van der Waals surface area contributed by atoms with E-state index in [0.29, 0.717) is 0 Å². The van der Waals surface area contributed by atoms with E-state index in [4.69, 9.17) is 4.74 Å². The number of hydrogen-bond donors (Lipinski definition) is 0. The third kappa shape index (κ3) is 4.09. The number of aromatic nitrogens is 4. The molecule has 0 N–H and O–H groups in total. The maximum absolute atomic E-state index is 5.24. The summed E-state index contributed by atoms with van der Waals surface area (Å²) in [6.07, 6.45) is 7.51. The average Bonchev–Trinajstić information content (AvgIpc) is 3.22. The molecule has 0 amide bonds. The molecule has 0 atom stereocenters. The third-order valence-electron chi connectivity index (χ3n) is 4.93. The van der Waals surface area contributed by atoms with Crippen molar-refractivity contribution in [3.8, 4) is 17.1 Å². The zero-order valence-corrected chi connectivity index (χ0v) is 15.5.